The van der Waals surface area contributed by atoms with Crippen molar-refractivity contribution in [1.29, 1.82) is 0 Å². The van der Waals surface area contributed by atoms with Crippen LogP contribution in [0.2, 0.25) is 0 Å². The van der Waals surface area contributed by atoms with E-state index in [1.165, 1.54) is 11.4 Å². The first-order valence-corrected chi connectivity index (χ1v) is 7.86. The van der Waals surface area contributed by atoms with E-state index in [1.54, 1.807) is 19.1 Å². The largest absolute Gasteiger partial charge is 0.393 e. The molecule has 3 N–H and O–H groups in total. The molecule has 0 heterocycles. The van der Waals surface area contributed by atoms with Crippen LogP contribution in [0.5, 0.6) is 0 Å². The Morgan fingerprint density at radius 3 is 2.42 bits per heavy atom. The average molecular weight is 286 g/mol. The van der Waals surface area contributed by atoms with Gasteiger partial charge < -0.3 is 10.8 Å². The number of sulfonamides is 1. The van der Waals surface area contributed by atoms with Gasteiger partial charge in [0.1, 0.15) is 0 Å². The van der Waals surface area contributed by atoms with Crippen molar-refractivity contribution in [2.24, 2.45) is 5.73 Å². The molecule has 0 aliphatic rings. The van der Waals surface area contributed by atoms with Gasteiger partial charge in [-0.3, -0.25) is 0 Å². The molecule has 0 amide bonds. The van der Waals surface area contributed by atoms with Crippen molar-refractivity contribution in [3.05, 3.63) is 35.4 Å². The molecule has 108 valence electrons. The molecule has 0 spiro atoms. The number of nitrogens with two attached hydrogens (primary N) is 1. The lowest BCUT2D eigenvalue weighted by Crippen LogP contribution is -2.31. The summed E-state index contributed by atoms with van der Waals surface area (Å²) >= 11 is 0. The Hall–Kier alpha value is -0.950. The van der Waals surface area contributed by atoms with Gasteiger partial charge in [0, 0.05) is 20.1 Å². The van der Waals surface area contributed by atoms with Gasteiger partial charge in [0.15, 0.2) is 0 Å². The highest BCUT2D eigenvalue weighted by molar-refractivity contribution is 7.88. The fourth-order valence-corrected chi connectivity index (χ4v) is 2.99. The summed E-state index contributed by atoms with van der Waals surface area (Å²) in [5, 5.41) is 9.20. The number of hydrogen-bond donors (Lipinski definition) is 2. The SMILES string of the molecule is CC(O)CCN(C)S(=O)(=O)Cc1ccccc1CN. The van der Waals surface area contributed by atoms with E-state index < -0.39 is 16.1 Å². The fraction of sp³-hybridized carbons (Fsp3) is 0.538. The highest BCUT2D eigenvalue weighted by Gasteiger charge is 2.19. The summed E-state index contributed by atoms with van der Waals surface area (Å²) in [7, 11) is -1.84. The molecule has 1 aromatic rings. The zero-order valence-electron chi connectivity index (χ0n) is 11.4. The molecule has 19 heavy (non-hydrogen) atoms. The smallest absolute Gasteiger partial charge is 0.218 e. The molecule has 0 fully saturated rings. The van der Waals surface area contributed by atoms with Crippen LogP contribution in [0.15, 0.2) is 24.3 Å². The first-order chi connectivity index (χ1) is 8.86. The van der Waals surface area contributed by atoms with Gasteiger partial charge in [0.2, 0.25) is 10.0 Å². The Balaban J connectivity index is 2.78. The molecular weight excluding hydrogens is 264 g/mol. The van der Waals surface area contributed by atoms with E-state index in [0.717, 1.165) is 11.1 Å². The topological polar surface area (TPSA) is 83.6 Å². The Bertz CT molecular complexity index is 500. The van der Waals surface area contributed by atoms with E-state index in [2.05, 4.69) is 0 Å². The third-order valence-electron chi connectivity index (χ3n) is 3.01. The summed E-state index contributed by atoms with van der Waals surface area (Å²) < 4.78 is 25.7. The molecule has 1 rings (SSSR count). The normalized spacial score (nSPS) is 13.7. The summed E-state index contributed by atoms with van der Waals surface area (Å²) in [5.41, 5.74) is 7.18. The first-order valence-electron chi connectivity index (χ1n) is 6.25. The van der Waals surface area contributed by atoms with Gasteiger partial charge in [-0.2, -0.15) is 0 Å². The van der Waals surface area contributed by atoms with Crippen molar-refractivity contribution in [3.63, 3.8) is 0 Å². The summed E-state index contributed by atoms with van der Waals surface area (Å²) in [6, 6.07) is 7.26. The van der Waals surface area contributed by atoms with E-state index in [0.29, 0.717) is 19.5 Å². The van der Waals surface area contributed by atoms with Crippen molar-refractivity contribution < 1.29 is 13.5 Å². The third kappa shape index (κ3) is 4.91. The van der Waals surface area contributed by atoms with Crippen LogP contribution in [-0.4, -0.2) is 37.5 Å². The van der Waals surface area contributed by atoms with Crippen LogP contribution < -0.4 is 5.73 Å². The van der Waals surface area contributed by atoms with Crippen LogP contribution >= 0.6 is 0 Å². The van der Waals surface area contributed by atoms with E-state index in [9.17, 15) is 13.5 Å². The van der Waals surface area contributed by atoms with Crippen molar-refractivity contribution in [3.8, 4) is 0 Å². The van der Waals surface area contributed by atoms with Crippen molar-refractivity contribution in [2.75, 3.05) is 13.6 Å². The highest BCUT2D eigenvalue weighted by Crippen LogP contribution is 2.14. The van der Waals surface area contributed by atoms with Gasteiger partial charge in [-0.25, -0.2) is 12.7 Å². The van der Waals surface area contributed by atoms with Crippen LogP contribution in [0, 0.1) is 0 Å². The van der Waals surface area contributed by atoms with Crippen LogP contribution in [0.4, 0.5) is 0 Å². The third-order valence-corrected chi connectivity index (χ3v) is 4.82. The Morgan fingerprint density at radius 2 is 1.89 bits per heavy atom. The molecule has 1 aromatic carbocycles. The number of benzene rings is 1. The molecule has 0 aromatic heterocycles. The second kappa shape index (κ2) is 7.00. The minimum Gasteiger partial charge on any atom is -0.393 e. The molecule has 0 aliphatic heterocycles. The lowest BCUT2D eigenvalue weighted by Gasteiger charge is -2.18. The molecule has 6 heteroatoms. The average Bonchev–Trinajstić information content (AvgIpc) is 2.36. The summed E-state index contributed by atoms with van der Waals surface area (Å²) in [5.74, 6) is -0.0588. The number of aliphatic hydroxyl groups excluding tert-OH is 1. The molecule has 0 saturated heterocycles. The van der Waals surface area contributed by atoms with E-state index >= 15 is 0 Å². The quantitative estimate of drug-likeness (QED) is 0.772. The van der Waals surface area contributed by atoms with E-state index in [1.807, 2.05) is 12.1 Å². The standard InChI is InChI=1S/C13H22N2O3S/c1-11(16)7-8-15(2)19(17,18)10-13-6-4-3-5-12(13)9-14/h3-6,11,16H,7-10,14H2,1-2H3. The predicted octanol–water partition coefficient (Wildman–Crippen LogP) is 0.678. The number of aliphatic hydroxyl groups is 1. The first kappa shape index (κ1) is 16.1. The van der Waals surface area contributed by atoms with Gasteiger partial charge in [-0.15, -0.1) is 0 Å². The molecular formula is C13H22N2O3S. The monoisotopic (exact) mass is 286 g/mol. The molecule has 0 radical (unpaired) electrons. The van der Waals surface area contributed by atoms with Gasteiger partial charge in [-0.05, 0) is 24.5 Å². The van der Waals surface area contributed by atoms with Crippen molar-refractivity contribution >= 4 is 10.0 Å². The van der Waals surface area contributed by atoms with Crippen LogP contribution in [-0.2, 0) is 22.3 Å². The lowest BCUT2D eigenvalue weighted by atomic mass is 10.1. The van der Waals surface area contributed by atoms with Crippen LogP contribution in [0.1, 0.15) is 24.5 Å². The van der Waals surface area contributed by atoms with Crippen molar-refractivity contribution in [2.45, 2.75) is 31.7 Å². The maximum atomic E-state index is 12.2. The van der Waals surface area contributed by atoms with Gasteiger partial charge in [0.25, 0.3) is 0 Å². The van der Waals surface area contributed by atoms with Crippen LogP contribution in [0.3, 0.4) is 0 Å². The molecule has 0 aliphatic carbocycles. The maximum Gasteiger partial charge on any atom is 0.218 e. The highest BCUT2D eigenvalue weighted by atomic mass is 32.2. The number of hydrogen-bond acceptors (Lipinski definition) is 4. The van der Waals surface area contributed by atoms with Gasteiger partial charge >= 0.3 is 0 Å². The number of rotatable bonds is 7. The second-order valence-electron chi connectivity index (χ2n) is 4.69. The molecule has 1 atom stereocenters. The Kier molecular flexibility index (Phi) is 5.93. The van der Waals surface area contributed by atoms with Gasteiger partial charge in [-0.1, -0.05) is 24.3 Å². The van der Waals surface area contributed by atoms with Crippen molar-refractivity contribution in [1.82, 2.24) is 4.31 Å². The second-order valence-corrected chi connectivity index (χ2v) is 6.76. The predicted molar refractivity (Wildman–Crippen MR) is 75.9 cm³/mol. The molecule has 0 saturated carbocycles. The fourth-order valence-electron chi connectivity index (χ4n) is 1.71. The summed E-state index contributed by atoms with van der Waals surface area (Å²) in [4.78, 5) is 0. The molecule has 5 nitrogen and oxygen atoms in total. The minimum atomic E-state index is -3.37. The zero-order chi connectivity index (χ0) is 14.5. The zero-order valence-corrected chi connectivity index (χ0v) is 12.2. The lowest BCUT2D eigenvalue weighted by molar-refractivity contribution is 0.177. The number of nitrogens with zero attached hydrogens (tertiary/aromatic N) is 1. The van der Waals surface area contributed by atoms with Crippen LogP contribution in [0.25, 0.3) is 0 Å². The Morgan fingerprint density at radius 1 is 1.32 bits per heavy atom. The maximum absolute atomic E-state index is 12.2. The molecule has 1 unspecified atom stereocenters. The summed E-state index contributed by atoms with van der Waals surface area (Å²) in [6.45, 7) is 2.28. The van der Waals surface area contributed by atoms with E-state index in [-0.39, 0.29) is 5.75 Å². The molecule has 0 bridgehead atoms. The van der Waals surface area contributed by atoms with Gasteiger partial charge in [0.05, 0.1) is 11.9 Å². The minimum absolute atomic E-state index is 0.0588. The Labute approximate surface area is 115 Å². The van der Waals surface area contributed by atoms with E-state index in [4.69, 9.17) is 5.73 Å². The summed E-state index contributed by atoms with van der Waals surface area (Å²) in [6.07, 6.45) is -0.0807.